The summed E-state index contributed by atoms with van der Waals surface area (Å²) in [6.07, 6.45) is 1.10. The van der Waals surface area contributed by atoms with Crippen LogP contribution in [-0.4, -0.2) is 20.6 Å². The van der Waals surface area contributed by atoms with Gasteiger partial charge in [0.15, 0.2) is 9.84 Å². The van der Waals surface area contributed by atoms with E-state index in [1.165, 1.54) is 18.2 Å². The first-order valence-electron chi connectivity index (χ1n) is 3.86. The molecule has 0 aliphatic heterocycles. The number of carbonyl (C=O) groups excluding carboxylic acids is 1. The monoisotopic (exact) mass is 213 g/mol. The Morgan fingerprint density at radius 1 is 1.43 bits per heavy atom. The van der Waals surface area contributed by atoms with Gasteiger partial charge in [0.2, 0.25) is 0 Å². The molecule has 14 heavy (non-hydrogen) atoms. The predicted octanol–water partition coefficient (Wildman–Crippen LogP) is -0.405. The summed E-state index contributed by atoms with van der Waals surface area (Å²) in [5, 5.41) is 10.5. The topological polar surface area (TPSA) is 74.3 Å². The molecule has 0 aliphatic carbocycles. The number of hydrogen-bond donors (Lipinski definition) is 0. The molecule has 0 saturated heterocycles. The summed E-state index contributed by atoms with van der Waals surface area (Å²) in [6, 6.07) is 5.72. The molecule has 76 valence electrons. The zero-order valence-corrected chi connectivity index (χ0v) is 8.37. The lowest BCUT2D eigenvalue weighted by molar-refractivity contribution is -0.255. The van der Waals surface area contributed by atoms with Gasteiger partial charge in [0.05, 0.1) is 11.7 Å². The van der Waals surface area contributed by atoms with Crippen LogP contribution in [0.4, 0.5) is 0 Å². The quantitative estimate of drug-likeness (QED) is 0.684. The van der Waals surface area contributed by atoms with Crippen molar-refractivity contribution in [2.75, 3.05) is 6.26 Å². The van der Waals surface area contributed by atoms with Gasteiger partial charge in [0.25, 0.3) is 0 Å². The van der Waals surface area contributed by atoms with Crippen LogP contribution in [0.2, 0.25) is 0 Å². The van der Waals surface area contributed by atoms with Crippen LogP contribution in [0, 0.1) is 0 Å². The van der Waals surface area contributed by atoms with Gasteiger partial charge in [0, 0.05) is 6.26 Å². The van der Waals surface area contributed by atoms with Gasteiger partial charge >= 0.3 is 0 Å². The number of sulfone groups is 1. The van der Waals surface area contributed by atoms with Crippen molar-refractivity contribution in [3.05, 3.63) is 35.4 Å². The van der Waals surface area contributed by atoms with E-state index in [2.05, 4.69) is 0 Å². The second kappa shape index (κ2) is 3.79. The Labute approximate surface area is 82.1 Å². The highest BCUT2D eigenvalue weighted by molar-refractivity contribution is 7.89. The molecular weight excluding hydrogens is 204 g/mol. The molecule has 1 rings (SSSR count). The Morgan fingerprint density at radius 3 is 2.57 bits per heavy atom. The smallest absolute Gasteiger partial charge is 0.151 e. The molecule has 0 unspecified atom stereocenters. The summed E-state index contributed by atoms with van der Waals surface area (Å²) in [6.45, 7) is 0. The van der Waals surface area contributed by atoms with E-state index >= 15 is 0 Å². The second-order valence-electron chi connectivity index (χ2n) is 3.06. The van der Waals surface area contributed by atoms with Gasteiger partial charge < -0.3 is 9.90 Å². The second-order valence-corrected chi connectivity index (χ2v) is 5.20. The Balaban J connectivity index is 3.01. The zero-order chi connectivity index (χ0) is 10.8. The largest absolute Gasteiger partial charge is 0.545 e. The molecule has 1 aromatic rings. The highest BCUT2D eigenvalue weighted by Gasteiger charge is 2.04. The molecule has 4 nitrogen and oxygen atoms in total. The maximum Gasteiger partial charge on any atom is 0.151 e. The third-order valence-electron chi connectivity index (χ3n) is 1.59. The maximum atomic E-state index is 10.9. The molecule has 0 bridgehead atoms. The summed E-state index contributed by atoms with van der Waals surface area (Å²) in [7, 11) is -3.13. The highest BCUT2D eigenvalue weighted by atomic mass is 32.2. The van der Waals surface area contributed by atoms with Crippen molar-refractivity contribution in [1.29, 1.82) is 0 Å². The summed E-state index contributed by atoms with van der Waals surface area (Å²) in [4.78, 5) is 10.5. The molecule has 0 fully saturated rings. The molecular formula is C9H9O4S-. The van der Waals surface area contributed by atoms with Gasteiger partial charge in [-0.15, -0.1) is 0 Å². The van der Waals surface area contributed by atoms with E-state index < -0.39 is 15.8 Å². The van der Waals surface area contributed by atoms with Gasteiger partial charge in [-0.3, -0.25) is 0 Å². The minimum atomic E-state index is -3.13. The number of hydrogen-bond acceptors (Lipinski definition) is 4. The fourth-order valence-corrected chi connectivity index (χ4v) is 1.88. The first-order valence-corrected chi connectivity index (χ1v) is 5.92. The Hall–Kier alpha value is -1.36. The van der Waals surface area contributed by atoms with Crippen LogP contribution in [0.5, 0.6) is 0 Å². The third-order valence-corrected chi connectivity index (χ3v) is 2.45. The van der Waals surface area contributed by atoms with Gasteiger partial charge in [-0.2, -0.15) is 0 Å². The van der Waals surface area contributed by atoms with E-state index in [1.54, 1.807) is 6.07 Å². The minimum Gasteiger partial charge on any atom is -0.545 e. The number of benzene rings is 1. The van der Waals surface area contributed by atoms with Crippen LogP contribution in [0.1, 0.15) is 15.9 Å². The molecule has 0 aromatic heterocycles. The minimum absolute atomic E-state index is 0.00819. The number of carboxylic acid groups (broad SMARTS) is 1. The summed E-state index contributed by atoms with van der Waals surface area (Å²) in [5.74, 6) is -1.46. The molecule has 0 spiro atoms. The first kappa shape index (κ1) is 10.7. The van der Waals surface area contributed by atoms with Crippen molar-refractivity contribution in [3.63, 3.8) is 0 Å². The third kappa shape index (κ3) is 3.18. The van der Waals surface area contributed by atoms with Crippen LogP contribution in [-0.2, 0) is 15.6 Å². The van der Waals surface area contributed by atoms with Gasteiger partial charge in [-0.1, -0.05) is 18.2 Å². The van der Waals surface area contributed by atoms with Crippen molar-refractivity contribution >= 4 is 15.8 Å². The molecule has 1 aromatic carbocycles. The fourth-order valence-electron chi connectivity index (χ4n) is 1.09. The first-order chi connectivity index (χ1) is 6.38. The van der Waals surface area contributed by atoms with Crippen molar-refractivity contribution in [2.24, 2.45) is 0 Å². The normalized spacial score (nSPS) is 11.2. The Morgan fingerprint density at radius 2 is 2.07 bits per heavy atom. The fraction of sp³-hybridized carbons (Fsp3) is 0.222. The van der Waals surface area contributed by atoms with E-state index in [1.807, 2.05) is 0 Å². The molecule has 0 radical (unpaired) electrons. The Kier molecular flexibility index (Phi) is 2.90. The molecule has 0 aliphatic rings. The van der Waals surface area contributed by atoms with Crippen molar-refractivity contribution in [3.8, 4) is 0 Å². The highest BCUT2D eigenvalue weighted by Crippen LogP contribution is 2.07. The van der Waals surface area contributed by atoms with Crippen LogP contribution in [0.3, 0.4) is 0 Å². The van der Waals surface area contributed by atoms with Crippen LogP contribution in [0.15, 0.2) is 24.3 Å². The lowest BCUT2D eigenvalue weighted by atomic mass is 10.1. The lowest BCUT2D eigenvalue weighted by Crippen LogP contribution is -2.22. The summed E-state index contributed by atoms with van der Waals surface area (Å²) < 4.78 is 21.8. The summed E-state index contributed by atoms with van der Waals surface area (Å²) in [5.41, 5.74) is 0.445. The van der Waals surface area contributed by atoms with E-state index in [9.17, 15) is 18.3 Å². The van der Waals surface area contributed by atoms with Crippen LogP contribution < -0.4 is 5.11 Å². The Bertz CT molecular complexity index is 448. The molecule has 0 heterocycles. The van der Waals surface area contributed by atoms with E-state index in [4.69, 9.17) is 0 Å². The van der Waals surface area contributed by atoms with Gasteiger partial charge in [0.1, 0.15) is 0 Å². The standard InChI is InChI=1S/C9H10O4S/c1-14(12,13)6-7-3-2-4-8(5-7)9(10)11/h2-5H,6H2,1H3,(H,10,11)/p-1. The molecule has 0 saturated carbocycles. The van der Waals surface area contributed by atoms with Crippen molar-refractivity contribution in [2.45, 2.75) is 5.75 Å². The predicted molar refractivity (Wildman–Crippen MR) is 49.3 cm³/mol. The average molecular weight is 213 g/mol. The zero-order valence-electron chi connectivity index (χ0n) is 7.56. The number of carboxylic acids is 1. The SMILES string of the molecule is CS(=O)(=O)Cc1cccc(C(=O)[O-])c1. The average Bonchev–Trinajstić information content (AvgIpc) is 2.01. The van der Waals surface area contributed by atoms with Gasteiger partial charge in [-0.25, -0.2) is 8.42 Å². The molecule has 0 amide bonds. The van der Waals surface area contributed by atoms with Gasteiger partial charge in [-0.05, 0) is 17.2 Å². The lowest BCUT2D eigenvalue weighted by Gasteiger charge is -2.04. The van der Waals surface area contributed by atoms with Crippen molar-refractivity contribution < 1.29 is 18.3 Å². The molecule has 5 heteroatoms. The number of carbonyl (C=O) groups is 1. The number of aromatic carboxylic acids is 1. The van der Waals surface area contributed by atoms with Crippen LogP contribution in [0.25, 0.3) is 0 Å². The summed E-state index contributed by atoms with van der Waals surface area (Å²) >= 11 is 0. The van der Waals surface area contributed by atoms with Crippen LogP contribution >= 0.6 is 0 Å². The van der Waals surface area contributed by atoms with E-state index in [0.717, 1.165) is 6.26 Å². The maximum absolute atomic E-state index is 10.9. The molecule has 0 N–H and O–H groups in total. The van der Waals surface area contributed by atoms with E-state index in [-0.39, 0.29) is 11.3 Å². The number of rotatable bonds is 3. The van der Waals surface area contributed by atoms with Crippen molar-refractivity contribution in [1.82, 2.24) is 0 Å². The van der Waals surface area contributed by atoms with E-state index in [0.29, 0.717) is 5.56 Å². The molecule has 0 atom stereocenters.